The number of amides is 3. The number of thioether (sulfide) groups is 1. The molecule has 0 saturated carbocycles. The summed E-state index contributed by atoms with van der Waals surface area (Å²) >= 11 is 14.2. The number of rotatable bonds is 4. The first-order valence-corrected chi connectivity index (χ1v) is 12.4. The van der Waals surface area contributed by atoms with Gasteiger partial charge < -0.3 is 15.0 Å². The smallest absolute Gasteiger partial charge is 0.323 e. The molecule has 2 heterocycles. The fourth-order valence-electron chi connectivity index (χ4n) is 4.41. The second-order valence-electron chi connectivity index (χ2n) is 7.95. The molecule has 2 aliphatic rings. The van der Waals surface area contributed by atoms with Crippen LogP contribution in [-0.4, -0.2) is 36.2 Å². The van der Waals surface area contributed by atoms with Crippen LogP contribution in [0, 0.1) is 0 Å². The van der Waals surface area contributed by atoms with Gasteiger partial charge in [-0.25, -0.2) is 4.79 Å². The molecule has 9 heteroatoms. The third kappa shape index (κ3) is 3.78. The molecule has 2 aliphatic heterocycles. The Balaban J connectivity index is 1.51. The molecular formula is C25H21Cl2N3O3S. The van der Waals surface area contributed by atoms with Crippen LogP contribution in [0.4, 0.5) is 16.2 Å². The van der Waals surface area contributed by atoms with Gasteiger partial charge >= 0.3 is 6.03 Å². The molecule has 1 N–H and O–H groups in total. The highest BCUT2D eigenvalue weighted by Crippen LogP contribution is 2.55. The first-order valence-electron chi connectivity index (χ1n) is 10.7. The van der Waals surface area contributed by atoms with Crippen molar-refractivity contribution in [3.05, 3.63) is 87.9 Å². The van der Waals surface area contributed by atoms with E-state index >= 15 is 0 Å². The number of hydrogen-bond donors (Lipinski definition) is 1. The van der Waals surface area contributed by atoms with Gasteiger partial charge in [0.05, 0.1) is 19.3 Å². The van der Waals surface area contributed by atoms with E-state index in [0.717, 1.165) is 11.3 Å². The highest BCUT2D eigenvalue weighted by atomic mass is 35.5. The van der Waals surface area contributed by atoms with Crippen molar-refractivity contribution in [2.45, 2.75) is 11.4 Å². The van der Waals surface area contributed by atoms with Gasteiger partial charge in [0.25, 0.3) is 5.91 Å². The van der Waals surface area contributed by atoms with Crippen LogP contribution in [0.5, 0.6) is 5.75 Å². The number of urea groups is 1. The lowest BCUT2D eigenvalue weighted by atomic mass is 10.1. The number of nitrogens with one attached hydrogen (secondary N) is 1. The van der Waals surface area contributed by atoms with Crippen LogP contribution in [0.15, 0.2) is 66.7 Å². The molecule has 1 fully saturated rings. The molecule has 6 nitrogen and oxygen atoms in total. The fourth-order valence-corrected chi connectivity index (χ4v) is 6.23. The van der Waals surface area contributed by atoms with E-state index in [4.69, 9.17) is 27.9 Å². The molecule has 5 rings (SSSR count). The number of methoxy groups -OCH3 is 1. The molecule has 0 unspecified atom stereocenters. The topological polar surface area (TPSA) is 61.9 Å². The minimum Gasteiger partial charge on any atom is -0.497 e. The number of fused-ring (bicyclic) bond motifs is 2. The van der Waals surface area contributed by atoms with Crippen LogP contribution < -0.4 is 15.0 Å². The van der Waals surface area contributed by atoms with Crippen molar-refractivity contribution < 1.29 is 14.3 Å². The fraction of sp³-hybridized carbons (Fsp3) is 0.200. The first kappa shape index (κ1) is 22.9. The first-order chi connectivity index (χ1) is 16.4. The van der Waals surface area contributed by atoms with E-state index in [1.165, 1.54) is 11.8 Å². The summed E-state index contributed by atoms with van der Waals surface area (Å²) in [5.41, 5.74) is 2.88. The third-order valence-corrected chi connectivity index (χ3v) is 8.05. The lowest BCUT2D eigenvalue weighted by molar-refractivity contribution is -0.123. The molecule has 0 aromatic heterocycles. The van der Waals surface area contributed by atoms with Crippen LogP contribution in [0.1, 0.15) is 11.1 Å². The summed E-state index contributed by atoms with van der Waals surface area (Å²) in [5.74, 6) is 1.13. The Labute approximate surface area is 211 Å². The van der Waals surface area contributed by atoms with E-state index in [1.807, 2.05) is 24.3 Å². The molecule has 1 spiro atoms. The van der Waals surface area contributed by atoms with Crippen molar-refractivity contribution in [1.29, 1.82) is 0 Å². The maximum absolute atomic E-state index is 14.0. The Morgan fingerprint density at radius 3 is 2.62 bits per heavy atom. The second-order valence-corrected chi connectivity index (χ2v) is 10.1. The molecule has 1 atom stereocenters. The van der Waals surface area contributed by atoms with E-state index in [0.29, 0.717) is 45.9 Å². The largest absolute Gasteiger partial charge is 0.497 e. The van der Waals surface area contributed by atoms with E-state index in [-0.39, 0.29) is 11.9 Å². The van der Waals surface area contributed by atoms with Gasteiger partial charge in [-0.1, -0.05) is 41.4 Å². The summed E-state index contributed by atoms with van der Waals surface area (Å²) in [4.78, 5) is 29.6. The van der Waals surface area contributed by atoms with E-state index in [9.17, 15) is 9.59 Å². The van der Waals surface area contributed by atoms with Crippen LogP contribution in [0.3, 0.4) is 0 Å². The zero-order valence-electron chi connectivity index (χ0n) is 18.3. The van der Waals surface area contributed by atoms with Gasteiger partial charge in [0.1, 0.15) is 5.75 Å². The number of halogens is 2. The SMILES string of the molecule is COc1ccc(NC(=O)N2CCS[C@]23C(=O)N(Cc2ccccc2Cl)c2ccc(Cl)cc23)cc1. The molecule has 3 aromatic rings. The number of ether oxygens (including phenoxy) is 1. The van der Waals surface area contributed by atoms with Gasteiger partial charge in [0.2, 0.25) is 0 Å². The number of benzene rings is 3. The Kier molecular flexibility index (Phi) is 6.10. The van der Waals surface area contributed by atoms with Crippen LogP contribution >= 0.6 is 35.0 Å². The van der Waals surface area contributed by atoms with E-state index < -0.39 is 4.87 Å². The standard InChI is InChI=1S/C25H21Cl2N3O3S/c1-33-19-9-7-18(8-10-19)28-24(32)30-12-13-34-25(30)20-14-17(26)6-11-22(20)29(23(25)31)15-16-4-2-3-5-21(16)27/h2-11,14H,12-13,15H2,1H3,(H,28,32)/t25-/m1/s1. The van der Waals surface area contributed by atoms with Gasteiger partial charge in [0.15, 0.2) is 4.87 Å². The van der Waals surface area contributed by atoms with Crippen LogP contribution in [0.25, 0.3) is 0 Å². The number of anilines is 2. The minimum atomic E-state index is -1.20. The van der Waals surface area contributed by atoms with Crippen LogP contribution in [-0.2, 0) is 16.2 Å². The van der Waals surface area contributed by atoms with Crippen molar-refractivity contribution in [3.63, 3.8) is 0 Å². The van der Waals surface area contributed by atoms with Crippen molar-refractivity contribution in [2.24, 2.45) is 0 Å². The summed E-state index contributed by atoms with van der Waals surface area (Å²) in [7, 11) is 1.58. The molecule has 174 valence electrons. The lowest BCUT2D eigenvalue weighted by Gasteiger charge is -2.33. The van der Waals surface area contributed by atoms with Gasteiger partial charge in [-0.2, -0.15) is 0 Å². The highest BCUT2D eigenvalue weighted by Gasteiger charge is 2.59. The average Bonchev–Trinajstić information content (AvgIpc) is 3.38. The molecule has 1 saturated heterocycles. The van der Waals surface area contributed by atoms with Crippen molar-refractivity contribution >= 4 is 58.3 Å². The average molecular weight is 514 g/mol. The summed E-state index contributed by atoms with van der Waals surface area (Å²) in [6, 6.07) is 19.5. The minimum absolute atomic E-state index is 0.183. The monoisotopic (exact) mass is 513 g/mol. The molecule has 0 radical (unpaired) electrons. The maximum atomic E-state index is 14.0. The van der Waals surface area contributed by atoms with Crippen molar-refractivity contribution in [3.8, 4) is 5.75 Å². The van der Waals surface area contributed by atoms with Crippen molar-refractivity contribution in [1.82, 2.24) is 4.90 Å². The summed E-state index contributed by atoms with van der Waals surface area (Å²) in [6.07, 6.45) is 0. The number of nitrogens with zero attached hydrogens (tertiary/aromatic N) is 2. The zero-order chi connectivity index (χ0) is 23.9. The maximum Gasteiger partial charge on any atom is 0.323 e. The molecule has 0 aliphatic carbocycles. The Bertz CT molecular complexity index is 1270. The zero-order valence-corrected chi connectivity index (χ0v) is 20.6. The molecule has 3 aromatic carbocycles. The molecule has 3 amide bonds. The second kappa shape index (κ2) is 9.06. The van der Waals surface area contributed by atoms with E-state index in [1.54, 1.807) is 59.4 Å². The van der Waals surface area contributed by atoms with Gasteiger partial charge in [-0.15, -0.1) is 11.8 Å². The normalized spacial score (nSPS) is 19.0. The Hall–Kier alpha value is -2.87. The summed E-state index contributed by atoms with van der Waals surface area (Å²) in [5, 5.41) is 4.01. The molecular weight excluding hydrogens is 493 g/mol. The van der Waals surface area contributed by atoms with Gasteiger partial charge in [0, 0.05) is 33.6 Å². The summed E-state index contributed by atoms with van der Waals surface area (Å²) < 4.78 is 5.18. The third-order valence-electron chi connectivity index (χ3n) is 6.03. The molecule has 34 heavy (non-hydrogen) atoms. The lowest BCUT2D eigenvalue weighted by Crippen LogP contribution is -2.51. The van der Waals surface area contributed by atoms with Gasteiger partial charge in [-0.3, -0.25) is 9.69 Å². The quantitative estimate of drug-likeness (QED) is 0.465. The number of carbonyl (C=O) groups is 2. The highest BCUT2D eigenvalue weighted by molar-refractivity contribution is 8.01. The van der Waals surface area contributed by atoms with Crippen LogP contribution in [0.2, 0.25) is 10.0 Å². The molecule has 0 bridgehead atoms. The van der Waals surface area contributed by atoms with Gasteiger partial charge in [-0.05, 0) is 54.1 Å². The summed E-state index contributed by atoms with van der Waals surface area (Å²) in [6.45, 7) is 0.716. The predicted molar refractivity (Wildman–Crippen MR) is 137 cm³/mol. The van der Waals surface area contributed by atoms with Crippen molar-refractivity contribution in [2.75, 3.05) is 29.6 Å². The Morgan fingerprint density at radius 2 is 1.88 bits per heavy atom. The Morgan fingerprint density at radius 1 is 1.12 bits per heavy atom. The number of hydrogen-bond acceptors (Lipinski definition) is 4. The van der Waals surface area contributed by atoms with E-state index in [2.05, 4.69) is 5.32 Å². The number of carbonyl (C=O) groups excluding carboxylic acids is 2. The predicted octanol–water partition coefficient (Wildman–Crippen LogP) is 5.98.